The van der Waals surface area contributed by atoms with Crippen molar-refractivity contribution in [1.82, 2.24) is 5.06 Å². The Bertz CT molecular complexity index is 870. The highest BCUT2D eigenvalue weighted by molar-refractivity contribution is 6.21. The van der Waals surface area contributed by atoms with Gasteiger partial charge in [-0.25, -0.2) is 4.79 Å². The topological polar surface area (TPSA) is 82.1 Å². The average molecular weight is 369 g/mol. The lowest BCUT2D eigenvalue weighted by atomic mass is 10.1. The zero-order valence-corrected chi connectivity index (χ0v) is 15.2. The first-order valence-corrected chi connectivity index (χ1v) is 8.43. The molecule has 0 saturated heterocycles. The van der Waals surface area contributed by atoms with Gasteiger partial charge in [-0.1, -0.05) is 31.0 Å². The van der Waals surface area contributed by atoms with E-state index < -0.39 is 17.8 Å². The van der Waals surface area contributed by atoms with Gasteiger partial charge in [0.25, 0.3) is 11.8 Å². The first kappa shape index (κ1) is 18.4. The lowest BCUT2D eigenvalue weighted by Gasteiger charge is -2.15. The van der Waals surface area contributed by atoms with E-state index in [1.165, 1.54) is 31.4 Å². The number of carbonyl (C=O) groups excluding carboxylic acids is 3. The number of hydrogen-bond donors (Lipinski definition) is 0. The zero-order valence-electron chi connectivity index (χ0n) is 15.2. The Morgan fingerprint density at radius 1 is 1.00 bits per heavy atom. The number of hydroxylamine groups is 2. The van der Waals surface area contributed by atoms with E-state index in [4.69, 9.17) is 14.3 Å². The highest BCUT2D eigenvalue weighted by Crippen LogP contribution is 2.29. The Morgan fingerprint density at radius 2 is 1.63 bits per heavy atom. The van der Waals surface area contributed by atoms with Crippen LogP contribution in [0.4, 0.5) is 0 Å². The van der Waals surface area contributed by atoms with Gasteiger partial charge < -0.3 is 14.3 Å². The van der Waals surface area contributed by atoms with Crippen molar-refractivity contribution in [1.29, 1.82) is 0 Å². The molecule has 0 spiro atoms. The highest BCUT2D eigenvalue weighted by Gasteiger charge is 2.38. The number of amides is 2. The fraction of sp³-hybridized carbons (Fsp3) is 0.250. The molecule has 1 aliphatic rings. The molecular weight excluding hydrogens is 350 g/mol. The van der Waals surface area contributed by atoms with Crippen LogP contribution in [0.25, 0.3) is 0 Å². The van der Waals surface area contributed by atoms with Gasteiger partial charge in [0.1, 0.15) is 0 Å². The van der Waals surface area contributed by atoms with Gasteiger partial charge in [-0.3, -0.25) is 9.59 Å². The van der Waals surface area contributed by atoms with Crippen LogP contribution in [0.3, 0.4) is 0 Å². The number of hydrogen-bond acceptors (Lipinski definition) is 6. The number of nitrogens with zero attached hydrogens (tertiary/aromatic N) is 1. The predicted molar refractivity (Wildman–Crippen MR) is 95.7 cm³/mol. The summed E-state index contributed by atoms with van der Waals surface area (Å²) in [5.74, 6) is -1.03. The van der Waals surface area contributed by atoms with Gasteiger partial charge >= 0.3 is 5.97 Å². The third kappa shape index (κ3) is 3.62. The summed E-state index contributed by atoms with van der Waals surface area (Å²) < 4.78 is 10.9. The lowest BCUT2D eigenvalue weighted by Crippen LogP contribution is -2.32. The standard InChI is InChI=1S/C20H19NO6/c1-12(2)11-26-16-9-8-13(10-17(16)25-3)20(24)27-21-18(22)14-6-4-5-7-15(14)19(21)23/h4-10,12H,11H2,1-3H3. The molecule has 0 fully saturated rings. The van der Waals surface area contributed by atoms with Crippen LogP contribution in [-0.4, -0.2) is 36.6 Å². The molecule has 0 aliphatic carbocycles. The Kier molecular flexibility index (Phi) is 5.12. The minimum Gasteiger partial charge on any atom is -0.493 e. The first-order chi connectivity index (χ1) is 12.9. The van der Waals surface area contributed by atoms with Crippen LogP contribution in [0.15, 0.2) is 42.5 Å². The molecule has 2 amide bonds. The van der Waals surface area contributed by atoms with Crippen molar-refractivity contribution in [2.75, 3.05) is 13.7 Å². The molecule has 0 N–H and O–H groups in total. The van der Waals surface area contributed by atoms with E-state index in [2.05, 4.69) is 0 Å². The van der Waals surface area contributed by atoms with Crippen LogP contribution in [0.5, 0.6) is 11.5 Å². The summed E-state index contributed by atoms with van der Waals surface area (Å²) in [6.07, 6.45) is 0. The van der Waals surface area contributed by atoms with E-state index in [9.17, 15) is 14.4 Å². The summed E-state index contributed by atoms with van der Waals surface area (Å²) in [4.78, 5) is 42.0. The van der Waals surface area contributed by atoms with Gasteiger partial charge in [0.05, 0.1) is 30.4 Å². The Balaban J connectivity index is 1.77. The maximum Gasteiger partial charge on any atom is 0.364 e. The monoisotopic (exact) mass is 369 g/mol. The summed E-state index contributed by atoms with van der Waals surface area (Å²) >= 11 is 0. The number of ether oxygens (including phenoxy) is 2. The van der Waals surface area contributed by atoms with Crippen LogP contribution >= 0.6 is 0 Å². The molecule has 0 aromatic heterocycles. The van der Waals surface area contributed by atoms with Gasteiger partial charge in [0.2, 0.25) is 0 Å². The molecule has 1 aliphatic heterocycles. The SMILES string of the molecule is COc1cc(C(=O)ON2C(=O)c3ccccc3C2=O)ccc1OCC(C)C. The quantitative estimate of drug-likeness (QED) is 0.728. The van der Waals surface area contributed by atoms with Crippen LogP contribution in [-0.2, 0) is 4.84 Å². The molecule has 0 unspecified atom stereocenters. The van der Waals surface area contributed by atoms with Gasteiger partial charge in [-0.2, -0.15) is 0 Å². The van der Waals surface area contributed by atoms with E-state index in [0.717, 1.165) is 0 Å². The van der Waals surface area contributed by atoms with Crippen molar-refractivity contribution in [2.24, 2.45) is 5.92 Å². The Morgan fingerprint density at radius 3 is 2.19 bits per heavy atom. The third-order valence-electron chi connectivity index (χ3n) is 3.90. The number of fused-ring (bicyclic) bond motifs is 1. The normalized spacial score (nSPS) is 13.0. The number of benzene rings is 2. The van der Waals surface area contributed by atoms with E-state index in [0.29, 0.717) is 29.1 Å². The highest BCUT2D eigenvalue weighted by atomic mass is 16.7. The molecule has 0 saturated carbocycles. The number of methoxy groups -OCH3 is 1. The minimum atomic E-state index is -0.849. The molecule has 140 valence electrons. The molecule has 1 heterocycles. The smallest absolute Gasteiger partial charge is 0.364 e. The molecule has 7 nitrogen and oxygen atoms in total. The van der Waals surface area contributed by atoms with Gasteiger partial charge in [0.15, 0.2) is 11.5 Å². The fourth-order valence-electron chi connectivity index (χ4n) is 2.56. The second-order valence-corrected chi connectivity index (χ2v) is 6.40. The van der Waals surface area contributed by atoms with Gasteiger partial charge in [-0.05, 0) is 36.2 Å². The van der Waals surface area contributed by atoms with Crippen molar-refractivity contribution in [2.45, 2.75) is 13.8 Å². The van der Waals surface area contributed by atoms with Crippen LogP contribution < -0.4 is 9.47 Å². The first-order valence-electron chi connectivity index (χ1n) is 8.43. The number of imide groups is 1. The van der Waals surface area contributed by atoms with Gasteiger partial charge in [-0.15, -0.1) is 0 Å². The number of carbonyl (C=O) groups is 3. The van der Waals surface area contributed by atoms with Crippen LogP contribution in [0.1, 0.15) is 44.9 Å². The predicted octanol–water partition coefficient (Wildman–Crippen LogP) is 3.10. The Hall–Kier alpha value is -3.35. The average Bonchev–Trinajstić information content (AvgIpc) is 2.91. The van der Waals surface area contributed by atoms with E-state index in [1.807, 2.05) is 13.8 Å². The van der Waals surface area contributed by atoms with Crippen molar-refractivity contribution in [3.05, 3.63) is 59.2 Å². The second kappa shape index (κ2) is 7.49. The molecule has 2 aromatic rings. The van der Waals surface area contributed by atoms with E-state index >= 15 is 0 Å². The molecule has 2 aromatic carbocycles. The second-order valence-electron chi connectivity index (χ2n) is 6.40. The molecule has 7 heteroatoms. The van der Waals surface area contributed by atoms with Crippen molar-refractivity contribution in [3.8, 4) is 11.5 Å². The van der Waals surface area contributed by atoms with Gasteiger partial charge in [0, 0.05) is 0 Å². The Labute approximate surface area is 156 Å². The zero-order chi connectivity index (χ0) is 19.6. The molecular formula is C20H19NO6. The number of rotatable bonds is 6. The van der Waals surface area contributed by atoms with Crippen molar-refractivity contribution < 1.29 is 28.7 Å². The largest absolute Gasteiger partial charge is 0.493 e. The van der Waals surface area contributed by atoms with Crippen LogP contribution in [0, 0.1) is 5.92 Å². The molecule has 0 atom stereocenters. The van der Waals surface area contributed by atoms with Crippen molar-refractivity contribution in [3.63, 3.8) is 0 Å². The third-order valence-corrected chi connectivity index (χ3v) is 3.90. The molecule has 0 radical (unpaired) electrons. The molecule has 27 heavy (non-hydrogen) atoms. The van der Waals surface area contributed by atoms with E-state index in [1.54, 1.807) is 18.2 Å². The molecule has 3 rings (SSSR count). The minimum absolute atomic E-state index is 0.125. The summed E-state index contributed by atoms with van der Waals surface area (Å²) in [6.45, 7) is 4.52. The summed E-state index contributed by atoms with van der Waals surface area (Å²) in [6, 6.07) is 10.8. The van der Waals surface area contributed by atoms with Crippen LogP contribution in [0.2, 0.25) is 0 Å². The lowest BCUT2D eigenvalue weighted by molar-refractivity contribution is -0.0584. The maximum atomic E-state index is 12.4. The molecule has 0 bridgehead atoms. The summed E-state index contributed by atoms with van der Waals surface area (Å²) in [5, 5.41) is 0.475. The summed E-state index contributed by atoms with van der Waals surface area (Å²) in [7, 11) is 1.46. The fourth-order valence-corrected chi connectivity index (χ4v) is 2.56. The van der Waals surface area contributed by atoms with E-state index in [-0.39, 0.29) is 16.7 Å². The summed E-state index contributed by atoms with van der Waals surface area (Å²) in [5.41, 5.74) is 0.524. The maximum absolute atomic E-state index is 12.4. The van der Waals surface area contributed by atoms with Crippen molar-refractivity contribution >= 4 is 17.8 Å².